The number of halogens is 3. The highest BCUT2D eigenvalue weighted by atomic mass is 19.4. The molecule has 0 unspecified atom stereocenters. The molecule has 1 aliphatic heterocycles. The summed E-state index contributed by atoms with van der Waals surface area (Å²) >= 11 is 0. The fraction of sp³-hybridized carbons (Fsp3) is 0.579. The van der Waals surface area contributed by atoms with Gasteiger partial charge in [0.25, 0.3) is 0 Å². The van der Waals surface area contributed by atoms with Gasteiger partial charge in [0.2, 0.25) is 5.91 Å². The van der Waals surface area contributed by atoms with Crippen LogP contribution >= 0.6 is 0 Å². The average Bonchev–Trinajstić information content (AvgIpc) is 2.99. The minimum absolute atomic E-state index is 0.0699. The van der Waals surface area contributed by atoms with E-state index < -0.39 is 36.4 Å². The Morgan fingerprint density at radius 3 is 2.19 bits per heavy atom. The third-order valence-electron chi connectivity index (χ3n) is 4.70. The van der Waals surface area contributed by atoms with Crippen molar-refractivity contribution in [3.63, 3.8) is 0 Å². The molecule has 0 radical (unpaired) electrons. The van der Waals surface area contributed by atoms with Gasteiger partial charge in [-0.2, -0.15) is 13.2 Å². The van der Waals surface area contributed by atoms with Crippen LogP contribution in [0.2, 0.25) is 0 Å². The van der Waals surface area contributed by atoms with Crippen LogP contribution in [0.25, 0.3) is 0 Å². The zero-order chi connectivity index (χ0) is 19.5. The Morgan fingerprint density at radius 2 is 1.73 bits per heavy atom. The van der Waals surface area contributed by atoms with Crippen LogP contribution in [0.4, 0.5) is 13.2 Å². The first-order valence-corrected chi connectivity index (χ1v) is 8.73. The fourth-order valence-electron chi connectivity index (χ4n) is 3.31. The Balaban J connectivity index is 1.92. The van der Waals surface area contributed by atoms with Gasteiger partial charge in [-0.25, -0.2) is 0 Å². The van der Waals surface area contributed by atoms with E-state index in [-0.39, 0.29) is 13.0 Å². The molecule has 0 aromatic heterocycles. The quantitative estimate of drug-likeness (QED) is 0.832. The molecule has 0 bridgehead atoms. The number of carboxylic acids is 1. The maximum atomic E-state index is 13.0. The van der Waals surface area contributed by atoms with Gasteiger partial charge in [-0.3, -0.25) is 9.59 Å². The summed E-state index contributed by atoms with van der Waals surface area (Å²) in [6, 6.07) is 7.84. The largest absolute Gasteiger partial charge is 0.481 e. The van der Waals surface area contributed by atoms with Crippen LogP contribution < -0.4 is 0 Å². The molecule has 1 amide bonds. The van der Waals surface area contributed by atoms with Crippen LogP contribution in [0, 0.1) is 17.8 Å². The summed E-state index contributed by atoms with van der Waals surface area (Å²) in [6.07, 6.45) is -3.17. The van der Waals surface area contributed by atoms with Crippen molar-refractivity contribution in [2.75, 3.05) is 13.1 Å². The van der Waals surface area contributed by atoms with E-state index >= 15 is 0 Å². The highest BCUT2D eigenvalue weighted by Gasteiger charge is 2.53. The second-order valence-corrected chi connectivity index (χ2v) is 7.31. The van der Waals surface area contributed by atoms with E-state index in [1.54, 1.807) is 0 Å². The van der Waals surface area contributed by atoms with E-state index in [1.807, 2.05) is 24.3 Å². The predicted octanol–water partition coefficient (Wildman–Crippen LogP) is 3.54. The molecule has 7 heteroatoms. The number of alkyl halides is 3. The zero-order valence-electron chi connectivity index (χ0n) is 14.9. The number of rotatable bonds is 6. The van der Waals surface area contributed by atoms with E-state index in [0.717, 1.165) is 16.9 Å². The molecule has 0 aliphatic carbocycles. The first kappa shape index (κ1) is 20.3. The average molecular weight is 371 g/mol. The Hall–Kier alpha value is -2.05. The van der Waals surface area contributed by atoms with Crippen molar-refractivity contribution in [3.8, 4) is 0 Å². The number of carbonyl (C=O) groups excluding carboxylic acids is 1. The number of aliphatic carboxylic acids is 1. The molecular formula is C19H24F3NO3. The lowest BCUT2D eigenvalue weighted by atomic mass is 9.96. The summed E-state index contributed by atoms with van der Waals surface area (Å²) < 4.78 is 39.0. The Morgan fingerprint density at radius 1 is 1.15 bits per heavy atom. The number of benzene rings is 1. The van der Waals surface area contributed by atoms with Gasteiger partial charge in [0, 0.05) is 19.5 Å². The van der Waals surface area contributed by atoms with E-state index in [4.69, 9.17) is 5.11 Å². The van der Waals surface area contributed by atoms with Crippen LogP contribution in [0.5, 0.6) is 0 Å². The molecule has 26 heavy (non-hydrogen) atoms. The van der Waals surface area contributed by atoms with E-state index in [1.165, 1.54) is 5.56 Å². The normalized spacial score (nSPS) is 20.6. The molecule has 1 aromatic rings. The number of likely N-dealkylation sites (tertiary alicyclic amines) is 1. The van der Waals surface area contributed by atoms with E-state index in [0.29, 0.717) is 12.3 Å². The third kappa shape index (κ3) is 5.22. The lowest BCUT2D eigenvalue weighted by Crippen LogP contribution is -2.34. The van der Waals surface area contributed by atoms with Gasteiger partial charge >= 0.3 is 12.1 Å². The third-order valence-corrected chi connectivity index (χ3v) is 4.70. The first-order chi connectivity index (χ1) is 12.1. The van der Waals surface area contributed by atoms with Crippen LogP contribution in [-0.2, 0) is 22.4 Å². The summed E-state index contributed by atoms with van der Waals surface area (Å²) in [6.45, 7) is 3.29. The monoisotopic (exact) mass is 371 g/mol. The topological polar surface area (TPSA) is 57.6 Å². The van der Waals surface area contributed by atoms with Gasteiger partial charge in [0.05, 0.1) is 11.8 Å². The standard InChI is InChI=1S/C19H24F3NO3/c1-12(2)9-14-5-3-13(4-6-14)7-8-17(24)23-10-15(18(25)26)16(11-23)19(20,21)22/h3-6,12,15-16H,7-11H2,1-2H3,(H,25,26)/t15-,16-/m1/s1. The molecule has 2 rings (SSSR count). The minimum atomic E-state index is -4.62. The van der Waals surface area contributed by atoms with Crippen LogP contribution in [0.1, 0.15) is 31.4 Å². The molecule has 4 nitrogen and oxygen atoms in total. The molecule has 1 N–H and O–H groups in total. The number of carboxylic acid groups (broad SMARTS) is 1. The molecule has 2 atom stereocenters. The SMILES string of the molecule is CC(C)Cc1ccc(CCC(=O)N2C[C@@H](C(F)(F)F)[C@H](C(=O)O)C2)cc1. The zero-order valence-corrected chi connectivity index (χ0v) is 14.9. The van der Waals surface area contributed by atoms with Gasteiger partial charge in [-0.1, -0.05) is 38.1 Å². The van der Waals surface area contributed by atoms with Gasteiger partial charge < -0.3 is 10.0 Å². The predicted molar refractivity (Wildman–Crippen MR) is 90.6 cm³/mol. The number of amides is 1. The molecule has 144 valence electrons. The van der Waals surface area contributed by atoms with Crippen molar-refractivity contribution in [1.82, 2.24) is 4.90 Å². The number of hydrogen-bond donors (Lipinski definition) is 1. The lowest BCUT2D eigenvalue weighted by molar-refractivity contribution is -0.188. The molecule has 0 saturated carbocycles. The van der Waals surface area contributed by atoms with Gasteiger partial charge in [-0.05, 0) is 29.9 Å². The fourth-order valence-corrected chi connectivity index (χ4v) is 3.31. The number of carbonyl (C=O) groups is 2. The molecule has 1 saturated heterocycles. The number of aryl methyl sites for hydroxylation is 1. The first-order valence-electron chi connectivity index (χ1n) is 8.73. The smallest absolute Gasteiger partial charge is 0.394 e. The van der Waals surface area contributed by atoms with E-state index in [2.05, 4.69) is 13.8 Å². The van der Waals surface area contributed by atoms with Crippen LogP contribution in [0.3, 0.4) is 0 Å². The van der Waals surface area contributed by atoms with Crippen molar-refractivity contribution >= 4 is 11.9 Å². The molecule has 1 aliphatic rings. The lowest BCUT2D eigenvalue weighted by Gasteiger charge is -2.18. The summed E-state index contributed by atoms with van der Waals surface area (Å²) in [7, 11) is 0. The summed E-state index contributed by atoms with van der Waals surface area (Å²) in [5.41, 5.74) is 2.14. The van der Waals surface area contributed by atoms with Crippen molar-refractivity contribution in [2.45, 2.75) is 39.3 Å². The van der Waals surface area contributed by atoms with Crippen molar-refractivity contribution in [2.24, 2.45) is 17.8 Å². The molecular weight excluding hydrogens is 347 g/mol. The number of nitrogens with zero attached hydrogens (tertiary/aromatic N) is 1. The van der Waals surface area contributed by atoms with Crippen molar-refractivity contribution in [1.29, 1.82) is 0 Å². The van der Waals surface area contributed by atoms with Crippen molar-refractivity contribution in [3.05, 3.63) is 35.4 Å². The summed E-state index contributed by atoms with van der Waals surface area (Å²) in [4.78, 5) is 24.3. The maximum Gasteiger partial charge on any atom is 0.394 e. The maximum absolute atomic E-state index is 13.0. The summed E-state index contributed by atoms with van der Waals surface area (Å²) in [5.74, 6) is -4.99. The second kappa shape index (κ2) is 8.10. The minimum Gasteiger partial charge on any atom is -0.481 e. The van der Waals surface area contributed by atoms with Gasteiger partial charge in [-0.15, -0.1) is 0 Å². The second-order valence-electron chi connectivity index (χ2n) is 7.31. The van der Waals surface area contributed by atoms with Gasteiger partial charge in [0.15, 0.2) is 0 Å². The highest BCUT2D eigenvalue weighted by Crippen LogP contribution is 2.37. The highest BCUT2D eigenvalue weighted by molar-refractivity contribution is 5.79. The Kier molecular flexibility index (Phi) is 6.31. The van der Waals surface area contributed by atoms with Gasteiger partial charge in [0.1, 0.15) is 0 Å². The van der Waals surface area contributed by atoms with E-state index in [9.17, 15) is 22.8 Å². The van der Waals surface area contributed by atoms with Crippen LogP contribution in [-0.4, -0.2) is 41.1 Å². The number of hydrogen-bond acceptors (Lipinski definition) is 2. The molecule has 1 aromatic carbocycles. The molecule has 1 fully saturated rings. The molecule has 1 heterocycles. The Labute approximate surface area is 151 Å². The van der Waals surface area contributed by atoms with Crippen LogP contribution in [0.15, 0.2) is 24.3 Å². The summed E-state index contributed by atoms with van der Waals surface area (Å²) in [5, 5.41) is 9.00. The Bertz CT molecular complexity index is 640. The van der Waals surface area contributed by atoms with Crippen molar-refractivity contribution < 1.29 is 27.9 Å². The molecule has 0 spiro atoms.